The van der Waals surface area contributed by atoms with Crippen molar-refractivity contribution in [1.82, 2.24) is 30.2 Å². The second-order valence-corrected chi connectivity index (χ2v) is 15.0. The van der Waals surface area contributed by atoms with Crippen molar-refractivity contribution in [3.8, 4) is 5.75 Å². The predicted molar refractivity (Wildman–Crippen MR) is 195 cm³/mol. The average Bonchev–Trinajstić information content (AvgIpc) is 3.11. The molecule has 0 bridgehead atoms. The molecule has 3 amide bonds. The van der Waals surface area contributed by atoms with Gasteiger partial charge in [0.1, 0.15) is 18.0 Å². The Hall–Kier alpha value is -3.81. The van der Waals surface area contributed by atoms with Crippen LogP contribution in [0.5, 0.6) is 5.75 Å². The highest BCUT2D eigenvalue weighted by Crippen LogP contribution is 2.31. The van der Waals surface area contributed by atoms with Gasteiger partial charge in [-0.1, -0.05) is 31.2 Å². The third-order valence-electron chi connectivity index (χ3n) is 8.12. The number of thiocarbonyl (C=S) groups is 1. The Labute approximate surface area is 312 Å². The van der Waals surface area contributed by atoms with Gasteiger partial charge in [0.25, 0.3) is 11.8 Å². The standard InChI is InChI=1S/C23H28F4N3O4PS.C9H14N4O3S/c1-3-22(24,25)17-6-4-16(5-7-17)14-28-21(31)20-15-29(2)12-13-30(20)36(32,33)19-10-8-18(9-11-19)34-23(26,27)35;14-6-10-9(17)12-11-5-8(16)13-3-1-7(15)2-4-13/h4-11,20H,3,12-15,35H2,1-2H3,(H,28,31);5-7,15H,1-4H2,(H2,10,12,14,17)/b;11-5+/t20-;/m1./s1. The van der Waals surface area contributed by atoms with Crippen LogP contribution in [-0.2, 0) is 36.9 Å². The van der Waals surface area contributed by atoms with Crippen LogP contribution in [0.4, 0.5) is 17.6 Å². The van der Waals surface area contributed by atoms with Gasteiger partial charge in [-0.3, -0.25) is 19.8 Å². The number of nitrogens with one attached hydrogen (secondary N) is 3. The lowest BCUT2D eigenvalue weighted by atomic mass is 10.0. The molecule has 2 aromatic carbocycles. The van der Waals surface area contributed by atoms with Gasteiger partial charge in [-0.25, -0.2) is 17.2 Å². The molecule has 0 aromatic heterocycles. The Bertz CT molecular complexity index is 1700. The first-order valence-corrected chi connectivity index (χ1v) is 18.7. The van der Waals surface area contributed by atoms with Crippen molar-refractivity contribution in [2.24, 2.45) is 5.10 Å². The van der Waals surface area contributed by atoms with Gasteiger partial charge in [0.15, 0.2) is 5.11 Å². The molecule has 2 aliphatic rings. The Morgan fingerprint density at radius 3 is 2.25 bits per heavy atom. The summed E-state index contributed by atoms with van der Waals surface area (Å²) in [4.78, 5) is 37.8. The number of rotatable bonds is 12. The molecule has 4 rings (SSSR count). The van der Waals surface area contributed by atoms with Crippen LogP contribution < -0.4 is 20.8 Å². The molecule has 2 aromatic rings. The molecule has 21 heteroatoms. The number of carbonyl (C=O) groups is 3. The van der Waals surface area contributed by atoms with Crippen molar-refractivity contribution in [3.05, 3.63) is 59.7 Å². The number of hydrogen-bond donors (Lipinski definition) is 4. The number of hydrogen-bond acceptors (Lipinski definition) is 10. The van der Waals surface area contributed by atoms with Gasteiger partial charge < -0.3 is 30.3 Å². The first kappa shape index (κ1) is 43.6. The smallest absolute Gasteiger partial charge is 0.408 e. The summed E-state index contributed by atoms with van der Waals surface area (Å²) >= 11 is 4.65. The van der Waals surface area contributed by atoms with Crippen molar-refractivity contribution >= 4 is 61.0 Å². The first-order chi connectivity index (χ1) is 24.9. The molecule has 0 aliphatic carbocycles. The fourth-order valence-electron chi connectivity index (χ4n) is 5.15. The number of halogens is 4. The van der Waals surface area contributed by atoms with Gasteiger partial charge in [-0.2, -0.15) is 18.2 Å². The highest BCUT2D eigenvalue weighted by molar-refractivity contribution is 7.89. The third kappa shape index (κ3) is 13.5. The van der Waals surface area contributed by atoms with E-state index in [-0.39, 0.29) is 59.4 Å². The van der Waals surface area contributed by atoms with Crippen LogP contribution in [0, 0.1) is 0 Å². The van der Waals surface area contributed by atoms with E-state index in [4.69, 9.17) is 0 Å². The molecule has 4 N–H and O–H groups in total. The number of sulfonamides is 1. The lowest BCUT2D eigenvalue weighted by molar-refractivity contribution is -0.127. The maximum absolute atomic E-state index is 13.8. The Balaban J connectivity index is 0.000000372. The number of alkyl halides is 4. The van der Waals surface area contributed by atoms with Crippen molar-refractivity contribution in [3.63, 3.8) is 0 Å². The number of aliphatic hydroxyl groups excluding tert-OH is 1. The molecule has 1 unspecified atom stereocenters. The van der Waals surface area contributed by atoms with Crippen LogP contribution in [0.15, 0.2) is 58.5 Å². The summed E-state index contributed by atoms with van der Waals surface area (Å²) in [5, 5.41) is 17.8. The van der Waals surface area contributed by atoms with E-state index in [0.717, 1.165) is 34.8 Å². The van der Waals surface area contributed by atoms with Crippen LogP contribution in [0.2, 0.25) is 0 Å². The minimum Gasteiger partial charge on any atom is -0.430 e. The van der Waals surface area contributed by atoms with Gasteiger partial charge in [-0.15, -0.1) is 0 Å². The number of piperazine rings is 1. The third-order valence-corrected chi connectivity index (χ3v) is 10.4. The number of piperidine rings is 1. The van der Waals surface area contributed by atoms with Gasteiger partial charge >= 0.3 is 5.85 Å². The summed E-state index contributed by atoms with van der Waals surface area (Å²) in [6.07, 6.45) is 2.02. The van der Waals surface area contributed by atoms with Crippen LogP contribution in [0.3, 0.4) is 0 Å². The summed E-state index contributed by atoms with van der Waals surface area (Å²) in [7, 11) is -1.15. The molecule has 2 atom stereocenters. The number of benzene rings is 2. The van der Waals surface area contributed by atoms with Gasteiger partial charge in [-0.05, 0) is 71.2 Å². The molecule has 2 aliphatic heterocycles. The monoisotopic (exact) mass is 807 g/mol. The van der Waals surface area contributed by atoms with E-state index in [0.29, 0.717) is 44.4 Å². The van der Waals surface area contributed by atoms with E-state index in [9.17, 15) is 45.5 Å². The second-order valence-electron chi connectivity index (χ2n) is 12.0. The molecule has 0 radical (unpaired) electrons. The van der Waals surface area contributed by atoms with Crippen LogP contribution in [0.25, 0.3) is 0 Å². The van der Waals surface area contributed by atoms with Gasteiger partial charge in [0, 0.05) is 51.3 Å². The van der Waals surface area contributed by atoms with Crippen LogP contribution in [0.1, 0.15) is 37.3 Å². The number of amides is 3. The van der Waals surface area contributed by atoms with Crippen LogP contribution >= 0.6 is 21.5 Å². The topological polar surface area (TPSA) is 173 Å². The van der Waals surface area contributed by atoms with E-state index in [1.807, 2.05) is 4.90 Å². The fourth-order valence-corrected chi connectivity index (χ4v) is 6.96. The van der Waals surface area contributed by atoms with E-state index < -0.39 is 33.7 Å². The zero-order valence-electron chi connectivity index (χ0n) is 28.9. The number of ether oxygens (including phenoxy) is 1. The molecule has 0 saturated carbocycles. The van der Waals surface area contributed by atoms with E-state index in [1.54, 1.807) is 11.9 Å². The van der Waals surface area contributed by atoms with Crippen molar-refractivity contribution in [2.75, 3.05) is 39.8 Å². The Kier molecular flexibility index (Phi) is 16.0. The van der Waals surface area contributed by atoms with Gasteiger partial charge in [0.05, 0.1) is 11.0 Å². The zero-order valence-corrected chi connectivity index (χ0v) is 31.7. The zero-order chi connectivity index (χ0) is 39.4. The van der Waals surface area contributed by atoms with Crippen molar-refractivity contribution in [2.45, 2.75) is 61.5 Å². The number of carbonyl (C=O) groups excluding carboxylic acids is 3. The number of nitrogens with zero attached hydrogens (tertiary/aromatic N) is 4. The summed E-state index contributed by atoms with van der Waals surface area (Å²) in [5.41, 5.74) is 2.79. The Morgan fingerprint density at radius 2 is 1.68 bits per heavy atom. The first-order valence-electron chi connectivity index (χ1n) is 16.3. The van der Waals surface area contributed by atoms with Gasteiger partial charge in [0.2, 0.25) is 22.3 Å². The molecular formula is C32H42F4N7O7PS2. The summed E-state index contributed by atoms with van der Waals surface area (Å²) in [6.45, 7) is 3.01. The summed E-state index contributed by atoms with van der Waals surface area (Å²) in [6, 6.07) is 9.04. The largest absolute Gasteiger partial charge is 0.430 e. The van der Waals surface area contributed by atoms with E-state index in [1.165, 1.54) is 40.4 Å². The molecule has 53 heavy (non-hydrogen) atoms. The highest BCUT2D eigenvalue weighted by atomic mass is 32.2. The summed E-state index contributed by atoms with van der Waals surface area (Å²) in [5.74, 6) is -7.46. The Morgan fingerprint density at radius 1 is 1.06 bits per heavy atom. The van der Waals surface area contributed by atoms with E-state index in [2.05, 4.69) is 38.1 Å². The predicted octanol–water partition coefficient (Wildman–Crippen LogP) is 2.19. The summed E-state index contributed by atoms with van der Waals surface area (Å²) < 4.78 is 85.8. The fraction of sp³-hybridized carbons (Fsp3) is 0.469. The number of likely N-dealkylation sites (tertiary alicyclic amines) is 1. The molecule has 14 nitrogen and oxygen atoms in total. The molecule has 2 fully saturated rings. The lowest BCUT2D eigenvalue weighted by Gasteiger charge is -2.38. The molecule has 2 heterocycles. The van der Waals surface area contributed by atoms with Crippen molar-refractivity contribution in [1.29, 1.82) is 0 Å². The average molecular weight is 808 g/mol. The molecule has 292 valence electrons. The maximum Gasteiger partial charge on any atom is 0.408 e. The molecular weight excluding hydrogens is 765 g/mol. The van der Waals surface area contributed by atoms with E-state index >= 15 is 0 Å². The van der Waals surface area contributed by atoms with Crippen molar-refractivity contribution < 1.29 is 50.2 Å². The minimum absolute atomic E-state index is 0.0260. The minimum atomic E-state index is -4.13. The second kappa shape index (κ2) is 19.5. The maximum atomic E-state index is 13.8. The molecule has 2 saturated heterocycles. The highest BCUT2D eigenvalue weighted by Gasteiger charge is 2.39. The quantitative estimate of drug-likeness (QED) is 0.0623. The SMILES string of the molecule is CCC(F)(F)c1ccc(CNC(=O)[C@H]2CN(C)CCN2S(=O)(=O)c2ccc(OC(F)(F)P)cc2)cc1.O=CNC(=S)N/N=C/C(=O)N1CCC(O)CC1. The molecule has 0 spiro atoms. The lowest BCUT2D eigenvalue weighted by Crippen LogP contribution is -2.59. The number of hydrazone groups is 1. The normalized spacial score (nSPS) is 17.7. The number of aliphatic hydroxyl groups is 1. The van der Waals surface area contributed by atoms with Crippen LogP contribution in [-0.4, -0.2) is 115 Å². The number of likely N-dealkylation sites (N-methyl/N-ethyl adjacent to an activating group) is 1.